The maximum absolute atomic E-state index is 11.4. The molecule has 2 aromatic heterocycles. The Morgan fingerprint density at radius 2 is 2.05 bits per heavy atom. The zero-order valence-corrected chi connectivity index (χ0v) is 12.2. The van der Waals surface area contributed by atoms with E-state index in [0.29, 0.717) is 10.6 Å². The van der Waals surface area contributed by atoms with Crippen LogP contribution >= 0.6 is 22.9 Å². The average Bonchev–Trinajstić information content (AvgIpc) is 2.92. The van der Waals surface area contributed by atoms with Crippen LogP contribution in [0.4, 0.5) is 0 Å². The molecule has 19 heavy (non-hydrogen) atoms. The van der Waals surface area contributed by atoms with Gasteiger partial charge in [0.1, 0.15) is 0 Å². The fourth-order valence-corrected chi connectivity index (χ4v) is 3.49. The van der Waals surface area contributed by atoms with Crippen LogP contribution in [0.3, 0.4) is 0 Å². The maximum Gasteiger partial charge on any atom is 0.152 e. The van der Waals surface area contributed by atoms with Gasteiger partial charge in [0.05, 0.1) is 10.6 Å². The molecule has 0 atom stereocenters. The predicted octanol–water partition coefficient (Wildman–Crippen LogP) is 4.98. The molecule has 96 valence electrons. The van der Waals surface area contributed by atoms with Crippen LogP contribution < -0.4 is 0 Å². The molecular formula is C15H12ClNOS. The van der Waals surface area contributed by atoms with Crippen molar-refractivity contribution in [3.63, 3.8) is 0 Å². The number of nitrogens with one attached hydrogen (secondary N) is 1. The Kier molecular flexibility index (Phi) is 2.96. The molecule has 0 saturated carbocycles. The third kappa shape index (κ3) is 1.99. The van der Waals surface area contributed by atoms with Gasteiger partial charge < -0.3 is 4.98 Å². The summed E-state index contributed by atoms with van der Waals surface area (Å²) in [5.41, 5.74) is 3.59. The van der Waals surface area contributed by atoms with Gasteiger partial charge in [0, 0.05) is 26.4 Å². The first kappa shape index (κ1) is 12.5. The fraction of sp³-hybridized carbons (Fsp3) is 0.133. The van der Waals surface area contributed by atoms with Crippen LogP contribution in [0.5, 0.6) is 0 Å². The number of aryl methyl sites for hydroxylation is 2. The number of carbonyl (C=O) groups excluding carboxylic acids is 1. The lowest BCUT2D eigenvalue weighted by Gasteiger charge is -1.97. The average molecular weight is 290 g/mol. The molecule has 0 amide bonds. The summed E-state index contributed by atoms with van der Waals surface area (Å²) < 4.78 is 0. The third-order valence-electron chi connectivity index (χ3n) is 3.21. The van der Waals surface area contributed by atoms with Crippen LogP contribution in [-0.4, -0.2) is 11.3 Å². The topological polar surface area (TPSA) is 32.9 Å². The second-order valence-electron chi connectivity index (χ2n) is 4.59. The number of benzene rings is 1. The van der Waals surface area contributed by atoms with E-state index in [1.54, 1.807) is 11.3 Å². The summed E-state index contributed by atoms with van der Waals surface area (Å²) in [6.45, 7) is 4.04. The van der Waals surface area contributed by atoms with Gasteiger partial charge in [-0.2, -0.15) is 0 Å². The highest BCUT2D eigenvalue weighted by Crippen LogP contribution is 2.35. The molecule has 0 aliphatic rings. The number of aromatic nitrogens is 1. The quantitative estimate of drug-likeness (QED) is 0.663. The molecule has 0 spiro atoms. The number of halogens is 1. The first-order chi connectivity index (χ1) is 9.10. The van der Waals surface area contributed by atoms with Gasteiger partial charge in [0.25, 0.3) is 0 Å². The van der Waals surface area contributed by atoms with E-state index in [0.717, 1.165) is 33.3 Å². The highest BCUT2D eigenvalue weighted by Gasteiger charge is 2.15. The molecule has 0 fully saturated rings. The van der Waals surface area contributed by atoms with E-state index in [-0.39, 0.29) is 0 Å². The van der Waals surface area contributed by atoms with Gasteiger partial charge in [0.2, 0.25) is 0 Å². The maximum atomic E-state index is 11.4. The lowest BCUT2D eigenvalue weighted by atomic mass is 10.1. The third-order valence-corrected chi connectivity index (χ3v) is 4.45. The summed E-state index contributed by atoms with van der Waals surface area (Å²) in [5, 5.41) is 1.54. The summed E-state index contributed by atoms with van der Waals surface area (Å²) in [6, 6.07) is 7.83. The SMILES string of the molecule is Cc1ccc(-c2[nH]c3c(C)cc(Cl)cc3c2C=O)s1. The van der Waals surface area contributed by atoms with Crippen LogP contribution in [0.25, 0.3) is 21.5 Å². The van der Waals surface area contributed by atoms with E-state index in [9.17, 15) is 4.79 Å². The van der Waals surface area contributed by atoms with Crippen molar-refractivity contribution in [1.29, 1.82) is 0 Å². The first-order valence-corrected chi connectivity index (χ1v) is 7.13. The van der Waals surface area contributed by atoms with Crippen LogP contribution in [0, 0.1) is 13.8 Å². The highest BCUT2D eigenvalue weighted by molar-refractivity contribution is 7.15. The zero-order valence-electron chi connectivity index (χ0n) is 10.6. The summed E-state index contributed by atoms with van der Waals surface area (Å²) >= 11 is 7.76. The van der Waals surface area contributed by atoms with E-state index < -0.39 is 0 Å². The molecule has 0 radical (unpaired) electrons. The summed E-state index contributed by atoms with van der Waals surface area (Å²) in [7, 11) is 0. The minimum absolute atomic E-state index is 0.654. The number of H-pyrrole nitrogens is 1. The molecule has 0 aliphatic heterocycles. The van der Waals surface area contributed by atoms with Crippen LogP contribution in [0.15, 0.2) is 24.3 Å². The number of rotatable bonds is 2. The van der Waals surface area contributed by atoms with Crippen molar-refractivity contribution in [1.82, 2.24) is 4.98 Å². The van der Waals surface area contributed by atoms with Crippen LogP contribution in [0.1, 0.15) is 20.8 Å². The van der Waals surface area contributed by atoms with Gasteiger partial charge in [-0.25, -0.2) is 0 Å². The molecular weight excluding hydrogens is 278 g/mol. The van der Waals surface area contributed by atoms with Gasteiger partial charge in [-0.3, -0.25) is 4.79 Å². The Morgan fingerprint density at radius 1 is 1.26 bits per heavy atom. The Balaban J connectivity index is 2.37. The molecule has 3 aromatic rings. The molecule has 0 aliphatic carbocycles. The smallest absolute Gasteiger partial charge is 0.152 e. The standard InChI is InChI=1S/C15H12ClNOS/c1-8-5-10(16)6-11-12(7-18)15(17-14(8)11)13-4-3-9(2)19-13/h3-7,17H,1-2H3. The molecule has 0 saturated heterocycles. The van der Waals surface area contributed by atoms with Gasteiger partial charge in [-0.1, -0.05) is 11.6 Å². The molecule has 2 nitrogen and oxygen atoms in total. The van der Waals surface area contributed by atoms with Gasteiger partial charge in [0.15, 0.2) is 6.29 Å². The van der Waals surface area contributed by atoms with E-state index >= 15 is 0 Å². The lowest BCUT2D eigenvalue weighted by molar-refractivity contribution is 0.112. The Bertz CT molecular complexity index is 785. The summed E-state index contributed by atoms with van der Waals surface area (Å²) in [6.07, 6.45) is 0.902. The van der Waals surface area contributed by atoms with Crippen molar-refractivity contribution in [3.05, 3.63) is 45.3 Å². The Labute approximate surface area is 120 Å². The van der Waals surface area contributed by atoms with E-state index in [1.165, 1.54) is 4.88 Å². The zero-order chi connectivity index (χ0) is 13.6. The van der Waals surface area contributed by atoms with E-state index in [4.69, 9.17) is 11.6 Å². The number of hydrogen-bond donors (Lipinski definition) is 1. The van der Waals surface area contributed by atoms with E-state index in [1.807, 2.05) is 25.1 Å². The summed E-state index contributed by atoms with van der Waals surface area (Å²) in [4.78, 5) is 17.1. The van der Waals surface area contributed by atoms with Crippen molar-refractivity contribution < 1.29 is 4.79 Å². The largest absolute Gasteiger partial charge is 0.353 e. The number of thiophene rings is 1. The second kappa shape index (κ2) is 4.51. The fourth-order valence-electron chi connectivity index (χ4n) is 2.33. The van der Waals surface area contributed by atoms with Crippen molar-refractivity contribution in [3.8, 4) is 10.6 Å². The monoisotopic (exact) mass is 289 g/mol. The number of hydrogen-bond acceptors (Lipinski definition) is 2. The first-order valence-electron chi connectivity index (χ1n) is 5.94. The number of fused-ring (bicyclic) bond motifs is 1. The predicted molar refractivity (Wildman–Crippen MR) is 81.5 cm³/mol. The van der Waals surface area contributed by atoms with Crippen LogP contribution in [0.2, 0.25) is 5.02 Å². The summed E-state index contributed by atoms with van der Waals surface area (Å²) in [5.74, 6) is 0. The number of carbonyl (C=O) groups is 1. The minimum Gasteiger partial charge on any atom is -0.353 e. The highest BCUT2D eigenvalue weighted by atomic mass is 35.5. The number of aromatic amines is 1. The van der Waals surface area contributed by atoms with E-state index in [2.05, 4.69) is 18.0 Å². The van der Waals surface area contributed by atoms with Crippen molar-refractivity contribution >= 4 is 40.1 Å². The van der Waals surface area contributed by atoms with Crippen molar-refractivity contribution in [2.45, 2.75) is 13.8 Å². The normalized spacial score (nSPS) is 11.1. The van der Waals surface area contributed by atoms with Gasteiger partial charge >= 0.3 is 0 Å². The molecule has 3 rings (SSSR count). The molecule has 2 heterocycles. The molecule has 0 unspecified atom stereocenters. The second-order valence-corrected chi connectivity index (χ2v) is 6.31. The van der Waals surface area contributed by atoms with Gasteiger partial charge in [-0.05, 0) is 43.7 Å². The Hall–Kier alpha value is -1.58. The minimum atomic E-state index is 0.654. The molecule has 4 heteroatoms. The van der Waals surface area contributed by atoms with Gasteiger partial charge in [-0.15, -0.1) is 11.3 Å². The Morgan fingerprint density at radius 3 is 2.68 bits per heavy atom. The molecule has 1 N–H and O–H groups in total. The molecule has 1 aromatic carbocycles. The lowest BCUT2D eigenvalue weighted by Crippen LogP contribution is -1.81. The van der Waals surface area contributed by atoms with Crippen LogP contribution in [-0.2, 0) is 0 Å². The van der Waals surface area contributed by atoms with Crippen molar-refractivity contribution in [2.24, 2.45) is 0 Å². The van der Waals surface area contributed by atoms with Crippen molar-refractivity contribution in [2.75, 3.05) is 0 Å². The molecule has 0 bridgehead atoms. The number of aldehydes is 1.